The number of allylic oxidation sites excluding steroid dienone is 5. The van der Waals surface area contributed by atoms with Gasteiger partial charge in [0.2, 0.25) is 6.41 Å². The molecule has 0 heterocycles. The molecule has 30 heavy (non-hydrogen) atoms. The van der Waals surface area contributed by atoms with Crippen molar-refractivity contribution >= 4 is 6.41 Å². The Morgan fingerprint density at radius 3 is 2.00 bits per heavy atom. The highest BCUT2D eigenvalue weighted by atomic mass is 19.1. The third-order valence-electron chi connectivity index (χ3n) is 4.52. The molecule has 3 nitrogen and oxygen atoms in total. The van der Waals surface area contributed by atoms with E-state index in [-0.39, 0.29) is 5.83 Å². The van der Waals surface area contributed by atoms with Crippen LogP contribution in [0.4, 0.5) is 4.39 Å². The van der Waals surface area contributed by atoms with Crippen LogP contribution in [-0.4, -0.2) is 23.9 Å². The molecule has 0 saturated carbocycles. The Morgan fingerprint density at radius 1 is 1.07 bits per heavy atom. The average Bonchev–Trinajstić information content (AvgIpc) is 2.79. The Hall–Kier alpha value is -2.98. The van der Waals surface area contributed by atoms with Gasteiger partial charge in [-0.15, -0.1) is 0 Å². The Morgan fingerprint density at radius 2 is 1.60 bits per heavy atom. The van der Waals surface area contributed by atoms with Crippen LogP contribution < -0.4 is 5.32 Å². The highest BCUT2D eigenvalue weighted by Gasteiger charge is 2.17. The maximum atomic E-state index is 12.0. The topological polar surface area (TPSA) is 32.3 Å². The van der Waals surface area contributed by atoms with Crippen molar-refractivity contribution in [2.24, 2.45) is 0 Å². The summed E-state index contributed by atoms with van der Waals surface area (Å²) in [6.07, 6.45) is 7.68. The SMILES string of the molecule is C=C/C(F)=C\C=C\C.CCC(CNC=O)N(Cc1ccccc1)Cc1ccccc1. The molecule has 2 rings (SSSR count). The third-order valence-corrected chi connectivity index (χ3v) is 4.52. The summed E-state index contributed by atoms with van der Waals surface area (Å²) in [4.78, 5) is 13.1. The molecule has 0 bridgehead atoms. The molecule has 2 aromatic rings. The number of nitrogens with one attached hydrogen (secondary N) is 1. The van der Waals surface area contributed by atoms with Crippen molar-refractivity contribution in [1.82, 2.24) is 10.2 Å². The summed E-state index contributed by atoms with van der Waals surface area (Å²) in [6, 6.07) is 21.3. The van der Waals surface area contributed by atoms with E-state index in [1.807, 2.05) is 19.1 Å². The quantitative estimate of drug-likeness (QED) is 0.376. The van der Waals surface area contributed by atoms with Crippen LogP contribution in [0.2, 0.25) is 0 Å². The number of amides is 1. The van der Waals surface area contributed by atoms with Gasteiger partial charge in [-0.05, 0) is 36.6 Å². The predicted octanol–water partition coefficient (Wildman–Crippen LogP) is 5.82. The molecule has 0 aliphatic carbocycles. The van der Waals surface area contributed by atoms with E-state index < -0.39 is 0 Å². The fourth-order valence-electron chi connectivity index (χ4n) is 2.92. The van der Waals surface area contributed by atoms with Crippen molar-refractivity contribution < 1.29 is 9.18 Å². The monoisotopic (exact) mass is 408 g/mol. The van der Waals surface area contributed by atoms with Crippen LogP contribution in [0.1, 0.15) is 31.4 Å². The first-order chi connectivity index (χ1) is 14.6. The molecular weight excluding hydrogens is 375 g/mol. The van der Waals surface area contributed by atoms with Crippen LogP contribution in [0.3, 0.4) is 0 Å². The summed E-state index contributed by atoms with van der Waals surface area (Å²) < 4.78 is 12.0. The van der Waals surface area contributed by atoms with Gasteiger partial charge < -0.3 is 5.32 Å². The molecule has 0 radical (unpaired) electrons. The fourth-order valence-corrected chi connectivity index (χ4v) is 2.92. The number of hydrogen-bond acceptors (Lipinski definition) is 2. The zero-order chi connectivity index (χ0) is 22.0. The first-order valence-corrected chi connectivity index (χ1v) is 10.2. The molecule has 1 N–H and O–H groups in total. The summed E-state index contributed by atoms with van der Waals surface area (Å²) in [5, 5.41) is 2.83. The lowest BCUT2D eigenvalue weighted by Gasteiger charge is -2.31. The fraction of sp³-hybridized carbons (Fsp3) is 0.269. The van der Waals surface area contributed by atoms with Gasteiger partial charge in [0, 0.05) is 25.7 Å². The molecule has 0 aliphatic rings. The minimum atomic E-state index is -0.303. The third kappa shape index (κ3) is 10.5. The Kier molecular flexibility index (Phi) is 13.3. The van der Waals surface area contributed by atoms with E-state index in [1.54, 1.807) is 12.2 Å². The Bertz CT molecular complexity index is 731. The van der Waals surface area contributed by atoms with Crippen LogP contribution in [-0.2, 0) is 17.9 Å². The Labute approximate surface area is 180 Å². The molecule has 1 atom stereocenters. The van der Waals surface area contributed by atoms with E-state index >= 15 is 0 Å². The number of carbonyl (C=O) groups is 1. The lowest BCUT2D eigenvalue weighted by molar-refractivity contribution is -0.109. The van der Waals surface area contributed by atoms with E-state index in [0.29, 0.717) is 12.6 Å². The van der Waals surface area contributed by atoms with Crippen LogP contribution in [0, 0.1) is 0 Å². The molecule has 0 aromatic heterocycles. The number of carbonyl (C=O) groups excluding carboxylic acids is 1. The molecule has 0 fully saturated rings. The highest BCUT2D eigenvalue weighted by molar-refractivity contribution is 5.45. The first-order valence-electron chi connectivity index (χ1n) is 10.2. The summed E-state index contributed by atoms with van der Waals surface area (Å²) in [5.74, 6) is -0.303. The van der Waals surface area contributed by atoms with Gasteiger partial charge in [-0.25, -0.2) is 4.39 Å². The van der Waals surface area contributed by atoms with Crippen LogP contribution in [0.15, 0.2) is 97.4 Å². The Balaban J connectivity index is 0.000000479. The van der Waals surface area contributed by atoms with E-state index in [9.17, 15) is 9.18 Å². The molecule has 0 saturated heterocycles. The minimum absolute atomic E-state index is 0.303. The van der Waals surface area contributed by atoms with Crippen LogP contribution >= 0.6 is 0 Å². The molecule has 0 aliphatic heterocycles. The highest BCUT2D eigenvalue weighted by Crippen LogP contribution is 2.15. The second-order valence-corrected chi connectivity index (χ2v) is 6.75. The van der Waals surface area contributed by atoms with Gasteiger partial charge in [0.25, 0.3) is 0 Å². The standard InChI is InChI=1S/C19H24N2O.C7H9F/c1-2-19(13-20-16-22)21(14-17-9-5-3-6-10-17)15-18-11-7-4-8-12-18;1-3-5-6-7(8)4-2/h3-12,16,19H,2,13-15H2,1H3,(H,20,22);3-6H,2H2,1H3/b;5-3+,7-6+. The second kappa shape index (κ2) is 15.9. The van der Waals surface area contributed by atoms with Crippen molar-refractivity contribution in [3.05, 3.63) is 109 Å². The van der Waals surface area contributed by atoms with Crippen molar-refractivity contribution in [1.29, 1.82) is 0 Å². The lowest BCUT2D eigenvalue weighted by atomic mass is 10.1. The van der Waals surface area contributed by atoms with Gasteiger partial charge in [0.15, 0.2) is 0 Å². The van der Waals surface area contributed by atoms with Gasteiger partial charge in [-0.1, -0.05) is 86.3 Å². The number of benzene rings is 2. The molecule has 160 valence electrons. The molecule has 0 spiro atoms. The number of hydrogen-bond donors (Lipinski definition) is 1. The first kappa shape index (κ1) is 25.1. The van der Waals surface area contributed by atoms with Crippen molar-refractivity contribution in [3.8, 4) is 0 Å². The molecule has 2 aromatic carbocycles. The van der Waals surface area contributed by atoms with Gasteiger partial charge >= 0.3 is 0 Å². The molecule has 1 unspecified atom stereocenters. The maximum Gasteiger partial charge on any atom is 0.207 e. The minimum Gasteiger partial charge on any atom is -0.357 e. The van der Waals surface area contributed by atoms with Crippen LogP contribution in [0.5, 0.6) is 0 Å². The number of nitrogens with zero attached hydrogens (tertiary/aromatic N) is 1. The van der Waals surface area contributed by atoms with E-state index in [2.05, 4.69) is 72.3 Å². The zero-order valence-corrected chi connectivity index (χ0v) is 18.0. The van der Waals surface area contributed by atoms with Gasteiger partial charge in [-0.2, -0.15) is 0 Å². The van der Waals surface area contributed by atoms with Crippen molar-refractivity contribution in [2.45, 2.75) is 39.4 Å². The van der Waals surface area contributed by atoms with Gasteiger partial charge in [-0.3, -0.25) is 9.69 Å². The summed E-state index contributed by atoms with van der Waals surface area (Å²) >= 11 is 0. The summed E-state index contributed by atoms with van der Waals surface area (Å²) in [7, 11) is 0. The lowest BCUT2D eigenvalue weighted by Crippen LogP contribution is -2.41. The predicted molar refractivity (Wildman–Crippen MR) is 124 cm³/mol. The van der Waals surface area contributed by atoms with Gasteiger partial charge in [0.05, 0.1) is 0 Å². The summed E-state index contributed by atoms with van der Waals surface area (Å²) in [6.45, 7) is 9.68. The smallest absolute Gasteiger partial charge is 0.207 e. The largest absolute Gasteiger partial charge is 0.357 e. The normalized spacial score (nSPS) is 12.2. The summed E-state index contributed by atoms with van der Waals surface area (Å²) in [5.41, 5.74) is 2.59. The molecule has 1 amide bonds. The van der Waals surface area contributed by atoms with Crippen LogP contribution in [0.25, 0.3) is 0 Å². The number of rotatable bonds is 11. The van der Waals surface area contributed by atoms with E-state index in [0.717, 1.165) is 25.9 Å². The maximum absolute atomic E-state index is 12.0. The van der Waals surface area contributed by atoms with E-state index in [4.69, 9.17) is 0 Å². The molecule has 4 heteroatoms. The van der Waals surface area contributed by atoms with Crippen molar-refractivity contribution in [3.63, 3.8) is 0 Å². The average molecular weight is 409 g/mol. The van der Waals surface area contributed by atoms with Gasteiger partial charge in [0.1, 0.15) is 5.83 Å². The van der Waals surface area contributed by atoms with Crippen molar-refractivity contribution in [2.75, 3.05) is 6.54 Å². The number of halogens is 1. The molecular formula is C26H33FN2O. The van der Waals surface area contributed by atoms with E-state index in [1.165, 1.54) is 23.3 Å². The zero-order valence-electron chi connectivity index (χ0n) is 18.0. The second-order valence-electron chi connectivity index (χ2n) is 6.75.